The highest BCUT2D eigenvalue weighted by atomic mass is 16.6. The molecule has 0 saturated carbocycles. The number of esters is 2. The van der Waals surface area contributed by atoms with Gasteiger partial charge < -0.3 is 19.7 Å². The van der Waals surface area contributed by atoms with Gasteiger partial charge in [-0.25, -0.2) is 9.59 Å². The summed E-state index contributed by atoms with van der Waals surface area (Å²) in [5.41, 5.74) is -5.63. The summed E-state index contributed by atoms with van der Waals surface area (Å²) in [4.78, 5) is 25.8. The summed E-state index contributed by atoms with van der Waals surface area (Å²) in [5, 5.41) is 23.1. The van der Waals surface area contributed by atoms with Crippen LogP contribution in [0.3, 0.4) is 0 Å². The van der Waals surface area contributed by atoms with E-state index in [9.17, 15) is 19.8 Å². The monoisotopic (exact) mass is 382 g/mol. The molecule has 0 aliphatic heterocycles. The topological polar surface area (TPSA) is 93.1 Å². The van der Waals surface area contributed by atoms with Gasteiger partial charge in [0, 0.05) is 0 Å². The zero-order valence-corrected chi connectivity index (χ0v) is 15.3. The highest BCUT2D eigenvalue weighted by Gasteiger charge is 2.64. The largest absolute Gasteiger partial charge is 0.459 e. The van der Waals surface area contributed by atoms with E-state index in [2.05, 4.69) is 13.2 Å². The minimum Gasteiger partial charge on any atom is -0.459 e. The Balaban J connectivity index is 2.74. The average Bonchev–Trinajstić information content (AvgIpc) is 2.75. The van der Waals surface area contributed by atoms with Crippen molar-refractivity contribution in [3.05, 3.63) is 97.1 Å². The lowest BCUT2D eigenvalue weighted by Crippen LogP contribution is -2.60. The van der Waals surface area contributed by atoms with E-state index in [1.54, 1.807) is 36.4 Å². The molecule has 2 unspecified atom stereocenters. The van der Waals surface area contributed by atoms with Gasteiger partial charge in [0.1, 0.15) is 13.2 Å². The summed E-state index contributed by atoms with van der Waals surface area (Å²) in [6, 6.07) is 15.2. The van der Waals surface area contributed by atoms with Crippen molar-refractivity contribution >= 4 is 11.9 Å². The molecule has 2 aromatic rings. The Bertz CT molecular complexity index is 761. The first kappa shape index (κ1) is 21.1. The Morgan fingerprint density at radius 1 is 0.750 bits per heavy atom. The number of carbonyl (C=O) groups is 2. The predicted octanol–water partition coefficient (Wildman–Crippen LogP) is 2.22. The van der Waals surface area contributed by atoms with Crippen LogP contribution < -0.4 is 0 Å². The molecular weight excluding hydrogens is 360 g/mol. The molecule has 0 bridgehead atoms. The van der Waals surface area contributed by atoms with Crippen molar-refractivity contribution in [1.29, 1.82) is 0 Å². The van der Waals surface area contributed by atoms with Crippen LogP contribution in [0.15, 0.2) is 86.0 Å². The summed E-state index contributed by atoms with van der Waals surface area (Å²) < 4.78 is 10.1. The van der Waals surface area contributed by atoms with Crippen LogP contribution >= 0.6 is 0 Å². The summed E-state index contributed by atoms with van der Waals surface area (Å²) in [6.45, 7) is 6.48. The summed E-state index contributed by atoms with van der Waals surface area (Å²) >= 11 is 0. The van der Waals surface area contributed by atoms with Crippen LogP contribution in [0.4, 0.5) is 0 Å². The van der Waals surface area contributed by atoms with Crippen LogP contribution in [0.25, 0.3) is 0 Å². The van der Waals surface area contributed by atoms with E-state index in [-0.39, 0.29) is 24.3 Å². The fraction of sp³-hybridized carbons (Fsp3) is 0.182. The zero-order valence-electron chi connectivity index (χ0n) is 15.3. The second-order valence-corrected chi connectivity index (χ2v) is 5.93. The molecule has 0 fully saturated rings. The van der Waals surface area contributed by atoms with Crippen LogP contribution in [0.5, 0.6) is 0 Å². The van der Waals surface area contributed by atoms with Gasteiger partial charge in [0.2, 0.25) is 11.2 Å². The van der Waals surface area contributed by atoms with Crippen molar-refractivity contribution in [3.63, 3.8) is 0 Å². The lowest BCUT2D eigenvalue weighted by Gasteiger charge is -2.39. The third-order valence-electron chi connectivity index (χ3n) is 4.16. The molecule has 6 heteroatoms. The Hall–Kier alpha value is -3.22. The minimum absolute atomic E-state index is 0.0361. The van der Waals surface area contributed by atoms with Crippen LogP contribution in [0.2, 0.25) is 0 Å². The average molecular weight is 382 g/mol. The number of rotatable bonds is 9. The molecule has 0 aliphatic carbocycles. The van der Waals surface area contributed by atoms with Crippen molar-refractivity contribution < 1.29 is 29.3 Å². The van der Waals surface area contributed by atoms with Gasteiger partial charge in [-0.1, -0.05) is 86.0 Å². The maximum atomic E-state index is 12.9. The van der Waals surface area contributed by atoms with Gasteiger partial charge >= 0.3 is 11.9 Å². The second kappa shape index (κ2) is 9.12. The number of ether oxygens (including phenoxy) is 2. The van der Waals surface area contributed by atoms with Gasteiger partial charge in [-0.3, -0.25) is 0 Å². The Morgan fingerprint density at radius 3 is 1.36 bits per heavy atom. The first-order valence-corrected chi connectivity index (χ1v) is 8.55. The van der Waals surface area contributed by atoms with E-state index in [1.807, 2.05) is 0 Å². The van der Waals surface area contributed by atoms with Gasteiger partial charge in [0.25, 0.3) is 0 Å². The summed E-state index contributed by atoms with van der Waals surface area (Å²) in [5.74, 6) is -2.44. The third kappa shape index (κ3) is 3.74. The molecule has 0 radical (unpaired) electrons. The SMILES string of the molecule is C=CCOC(=O)C(O)(c1ccccc1)C(O)(C(=O)OCC=C)c1ccccc1. The lowest BCUT2D eigenvalue weighted by atomic mass is 9.73. The van der Waals surface area contributed by atoms with Gasteiger partial charge in [-0.05, 0) is 11.1 Å². The van der Waals surface area contributed by atoms with Crippen molar-refractivity contribution in [2.24, 2.45) is 0 Å². The molecule has 0 aromatic heterocycles. The summed E-state index contributed by atoms with van der Waals surface area (Å²) in [6.07, 6.45) is 2.61. The Morgan fingerprint density at radius 2 is 1.07 bits per heavy atom. The molecule has 2 atom stereocenters. The Labute approximate surface area is 163 Å². The number of aliphatic hydroxyl groups is 2. The molecular formula is C22H22O6. The minimum atomic E-state index is -2.78. The molecule has 0 heterocycles. The number of benzene rings is 2. The van der Waals surface area contributed by atoms with Crippen molar-refractivity contribution in [2.75, 3.05) is 13.2 Å². The van der Waals surface area contributed by atoms with Gasteiger partial charge in [0.15, 0.2) is 0 Å². The number of carbonyl (C=O) groups excluding carboxylic acids is 2. The van der Waals surface area contributed by atoms with Crippen LogP contribution in [0.1, 0.15) is 11.1 Å². The first-order chi connectivity index (χ1) is 13.4. The van der Waals surface area contributed by atoms with Crippen molar-refractivity contribution in [1.82, 2.24) is 0 Å². The second-order valence-electron chi connectivity index (χ2n) is 5.93. The molecule has 28 heavy (non-hydrogen) atoms. The molecule has 2 N–H and O–H groups in total. The van der Waals surface area contributed by atoms with E-state index in [1.165, 1.54) is 36.4 Å². The number of hydrogen-bond acceptors (Lipinski definition) is 6. The molecule has 2 rings (SSSR count). The van der Waals surface area contributed by atoms with Gasteiger partial charge in [-0.15, -0.1) is 0 Å². The Kier molecular flexibility index (Phi) is 6.87. The standard InChI is InChI=1S/C22H22O6/c1-3-15-27-19(23)21(25,17-11-7-5-8-12-17)22(26,20(24)28-16-4-2)18-13-9-6-10-14-18/h3-14,25-26H,1-2,15-16H2. The molecule has 0 amide bonds. The van der Waals surface area contributed by atoms with Crippen molar-refractivity contribution in [2.45, 2.75) is 11.2 Å². The van der Waals surface area contributed by atoms with Gasteiger partial charge in [-0.2, -0.15) is 0 Å². The van der Waals surface area contributed by atoms with E-state index in [0.717, 1.165) is 0 Å². The van der Waals surface area contributed by atoms with Gasteiger partial charge in [0.05, 0.1) is 0 Å². The molecule has 0 aliphatic rings. The maximum Gasteiger partial charge on any atom is 0.347 e. The van der Waals surface area contributed by atoms with Crippen LogP contribution in [-0.4, -0.2) is 35.4 Å². The lowest BCUT2D eigenvalue weighted by molar-refractivity contribution is -0.218. The molecule has 0 saturated heterocycles. The zero-order chi connectivity index (χ0) is 20.6. The van der Waals surface area contributed by atoms with E-state index < -0.39 is 23.1 Å². The normalized spacial score (nSPS) is 14.8. The van der Waals surface area contributed by atoms with Crippen LogP contribution in [0, 0.1) is 0 Å². The van der Waals surface area contributed by atoms with E-state index in [4.69, 9.17) is 9.47 Å². The third-order valence-corrected chi connectivity index (χ3v) is 4.16. The smallest absolute Gasteiger partial charge is 0.347 e. The fourth-order valence-electron chi connectivity index (χ4n) is 2.79. The molecule has 2 aromatic carbocycles. The first-order valence-electron chi connectivity index (χ1n) is 8.55. The highest BCUT2D eigenvalue weighted by molar-refractivity contribution is 5.94. The van der Waals surface area contributed by atoms with Crippen molar-refractivity contribution in [3.8, 4) is 0 Å². The molecule has 146 valence electrons. The van der Waals surface area contributed by atoms with Crippen LogP contribution in [-0.2, 0) is 30.3 Å². The highest BCUT2D eigenvalue weighted by Crippen LogP contribution is 2.43. The number of hydrogen-bond donors (Lipinski definition) is 2. The fourth-order valence-corrected chi connectivity index (χ4v) is 2.79. The summed E-state index contributed by atoms with van der Waals surface area (Å²) in [7, 11) is 0. The maximum absolute atomic E-state index is 12.9. The van der Waals surface area contributed by atoms with E-state index in [0.29, 0.717) is 0 Å². The van der Waals surface area contributed by atoms with E-state index >= 15 is 0 Å². The predicted molar refractivity (Wildman–Crippen MR) is 103 cm³/mol. The molecule has 0 spiro atoms. The molecule has 6 nitrogen and oxygen atoms in total. The quantitative estimate of drug-likeness (QED) is 0.510.